The maximum Gasteiger partial charge on any atom is 0 e. The molecular weight excluding hydrogens is 437 g/mol. The monoisotopic (exact) mass is 440 g/mol. The Morgan fingerprint density at radius 2 is 1.00 bits per heavy atom. The minimum atomic E-state index is 0. The third-order valence-electron chi connectivity index (χ3n) is 0. The van der Waals surface area contributed by atoms with E-state index >= 15 is 0 Å². The average Bonchev–Trinajstić information content (AvgIpc) is 0. The third-order valence-corrected chi connectivity index (χ3v) is 0. The van der Waals surface area contributed by atoms with Gasteiger partial charge in [0.15, 0.2) is 0 Å². The molecule has 0 fully saturated rings. The first-order valence-corrected chi connectivity index (χ1v) is 0. The molecular formula is H4LaMnOSrTiZr. The summed E-state index contributed by atoms with van der Waals surface area (Å²) in [7, 11) is 0. The van der Waals surface area contributed by atoms with Gasteiger partial charge in [0.2, 0.25) is 0 Å². The van der Waals surface area contributed by atoms with Crippen molar-refractivity contribution in [2.45, 2.75) is 0 Å². The molecule has 0 unspecified atom stereocenters. The van der Waals surface area contributed by atoms with E-state index in [-0.39, 0.29) is 152 Å². The number of hydrogen-bond donors (Lipinski definition) is 0. The van der Waals surface area contributed by atoms with Crippen molar-refractivity contribution in [3.8, 4) is 0 Å². The summed E-state index contributed by atoms with van der Waals surface area (Å²) in [5.41, 5.74) is 0. The predicted molar refractivity (Wildman–Crippen MR) is 12.2 cm³/mol. The van der Waals surface area contributed by atoms with E-state index in [1.165, 1.54) is 0 Å². The molecule has 0 aromatic carbocycles. The van der Waals surface area contributed by atoms with Gasteiger partial charge in [-0.1, -0.05) is 0 Å². The first-order valence-electron chi connectivity index (χ1n) is 0. The van der Waals surface area contributed by atoms with Crippen LogP contribution in [0, 0.1) is 35.6 Å². The van der Waals surface area contributed by atoms with Gasteiger partial charge in [-0.3, -0.25) is 0 Å². The fourth-order valence-electron chi connectivity index (χ4n) is 0. The van der Waals surface area contributed by atoms with E-state index in [0.717, 1.165) is 0 Å². The fraction of sp³-hybridized carbons (Fsp3) is 0. The summed E-state index contributed by atoms with van der Waals surface area (Å²) in [4.78, 5) is 0. The normalized spacial score (nSPS) is 0. The minimum absolute atomic E-state index is 0. The molecule has 0 aromatic rings. The SMILES string of the molecule is O.[La].[Mn].[SrH2].[Ti].[Zr]. The van der Waals surface area contributed by atoms with E-state index < -0.39 is 0 Å². The molecule has 0 atom stereocenters. The second-order valence-corrected chi connectivity index (χ2v) is 0. The Balaban J connectivity index is 0. The van der Waals surface area contributed by atoms with Crippen LogP contribution in [-0.2, 0) is 65.0 Å². The van der Waals surface area contributed by atoms with Gasteiger partial charge in [0, 0.05) is 101 Å². The van der Waals surface area contributed by atoms with E-state index in [0.29, 0.717) is 0 Å². The van der Waals surface area contributed by atoms with Crippen LogP contribution in [0.15, 0.2) is 0 Å². The zero-order valence-electron chi connectivity index (χ0n) is 2.46. The molecule has 0 rings (SSSR count). The van der Waals surface area contributed by atoms with Crippen LogP contribution in [-0.4, -0.2) is 51.0 Å². The van der Waals surface area contributed by atoms with Crippen molar-refractivity contribution in [3.05, 3.63) is 0 Å². The predicted octanol–water partition coefficient (Wildman–Crippen LogP) is -1.75. The van der Waals surface area contributed by atoms with Crippen molar-refractivity contribution >= 4 is 45.5 Å². The van der Waals surface area contributed by atoms with Gasteiger partial charge in [0.1, 0.15) is 0 Å². The molecule has 0 amide bonds. The molecule has 6 heavy (non-hydrogen) atoms. The van der Waals surface area contributed by atoms with E-state index in [9.17, 15) is 0 Å². The molecule has 30 valence electrons. The molecule has 0 saturated heterocycles. The summed E-state index contributed by atoms with van der Waals surface area (Å²) in [6.07, 6.45) is 0. The topological polar surface area (TPSA) is 31.5 Å². The summed E-state index contributed by atoms with van der Waals surface area (Å²) >= 11 is 0. The molecule has 2 N–H and O–H groups in total. The van der Waals surface area contributed by atoms with Crippen LogP contribution in [0.1, 0.15) is 0 Å². The standard InChI is InChI=1S/La.Mn.H2O.Sr.Ti.Zr.2H/h;;1H2;;;;;. The van der Waals surface area contributed by atoms with E-state index in [2.05, 4.69) is 0 Å². The van der Waals surface area contributed by atoms with Crippen molar-refractivity contribution < 1.29 is 106 Å². The van der Waals surface area contributed by atoms with Gasteiger partial charge in [0.25, 0.3) is 0 Å². The van der Waals surface area contributed by atoms with Crippen LogP contribution in [0.25, 0.3) is 0 Å². The smallest absolute Gasteiger partial charge is 0 e. The van der Waals surface area contributed by atoms with Gasteiger partial charge in [-0.2, -0.15) is 0 Å². The van der Waals surface area contributed by atoms with Crippen LogP contribution in [0.3, 0.4) is 0 Å². The second-order valence-electron chi connectivity index (χ2n) is 0. The third kappa shape index (κ3) is 23.3. The molecule has 0 aliphatic heterocycles. The van der Waals surface area contributed by atoms with Crippen molar-refractivity contribution in [2.75, 3.05) is 0 Å². The molecule has 6 heteroatoms. The second kappa shape index (κ2) is 33.1. The zero-order valence-corrected chi connectivity index (χ0v) is 11.3. The Hall–Kier alpha value is 4.75. The Morgan fingerprint density at radius 3 is 1.00 bits per heavy atom. The van der Waals surface area contributed by atoms with Crippen molar-refractivity contribution in [1.82, 2.24) is 0 Å². The maximum absolute atomic E-state index is 0. The van der Waals surface area contributed by atoms with Crippen LogP contribution in [0.5, 0.6) is 0 Å². The molecule has 0 aliphatic rings. The Labute approximate surface area is 147 Å². The Morgan fingerprint density at radius 1 is 1.00 bits per heavy atom. The van der Waals surface area contributed by atoms with Gasteiger partial charge in [-0.25, -0.2) is 0 Å². The van der Waals surface area contributed by atoms with Crippen LogP contribution in [0.2, 0.25) is 0 Å². The summed E-state index contributed by atoms with van der Waals surface area (Å²) in [5.74, 6) is 0. The van der Waals surface area contributed by atoms with Crippen LogP contribution in [0.4, 0.5) is 0 Å². The van der Waals surface area contributed by atoms with Crippen LogP contribution >= 0.6 is 0 Å². The van der Waals surface area contributed by atoms with Gasteiger partial charge in [0.05, 0.1) is 0 Å². The quantitative estimate of drug-likeness (QED) is 0.401. The molecule has 2 radical (unpaired) electrons. The van der Waals surface area contributed by atoms with Crippen LogP contribution < -0.4 is 0 Å². The largest absolute Gasteiger partial charge is 0 e. The summed E-state index contributed by atoms with van der Waals surface area (Å²) in [6.45, 7) is 0. The summed E-state index contributed by atoms with van der Waals surface area (Å²) < 4.78 is 0. The van der Waals surface area contributed by atoms with Gasteiger partial charge in [-0.15, -0.1) is 0 Å². The maximum atomic E-state index is 0. The van der Waals surface area contributed by atoms with Gasteiger partial charge >= 0.3 is 45.5 Å². The molecule has 0 aromatic heterocycles. The zero-order chi connectivity index (χ0) is 0. The number of rotatable bonds is 0. The van der Waals surface area contributed by atoms with Crippen molar-refractivity contribution in [1.29, 1.82) is 0 Å². The molecule has 1 nitrogen and oxygen atoms in total. The first kappa shape index (κ1) is 45.3. The molecule has 0 heterocycles. The summed E-state index contributed by atoms with van der Waals surface area (Å²) in [5, 5.41) is 0. The van der Waals surface area contributed by atoms with Crippen molar-refractivity contribution in [2.24, 2.45) is 0 Å². The molecule has 0 saturated carbocycles. The fourth-order valence-corrected chi connectivity index (χ4v) is 0. The Kier molecular flexibility index (Phi) is 250. The summed E-state index contributed by atoms with van der Waals surface area (Å²) in [6, 6.07) is 0. The first-order chi connectivity index (χ1) is 0. The van der Waals surface area contributed by atoms with Gasteiger partial charge in [-0.05, 0) is 0 Å². The van der Waals surface area contributed by atoms with E-state index in [4.69, 9.17) is 0 Å². The molecule has 0 bridgehead atoms. The van der Waals surface area contributed by atoms with Gasteiger partial charge < -0.3 is 5.48 Å². The van der Waals surface area contributed by atoms with Crippen molar-refractivity contribution in [3.63, 3.8) is 0 Å². The molecule has 0 aliphatic carbocycles. The molecule has 0 spiro atoms. The van der Waals surface area contributed by atoms with E-state index in [1.807, 2.05) is 0 Å². The average molecular weight is 441 g/mol. The van der Waals surface area contributed by atoms with E-state index in [1.54, 1.807) is 0 Å². The minimum Gasteiger partial charge on any atom is 0 e. The Bertz CT molecular complexity index is 15.5. The number of hydrogen-bond acceptors (Lipinski definition) is 0.